The first-order valence-electron chi connectivity index (χ1n) is 7.84. The largest absolute Gasteiger partial charge is 0.472 e. The molecule has 1 fully saturated rings. The molecule has 2 aromatic rings. The van der Waals surface area contributed by atoms with Crippen molar-refractivity contribution in [3.63, 3.8) is 0 Å². The Morgan fingerprint density at radius 2 is 2.21 bits per heavy atom. The molecule has 1 atom stereocenters. The summed E-state index contributed by atoms with van der Waals surface area (Å²) in [6.07, 6.45) is 3.29. The average Bonchev–Trinajstić information content (AvgIpc) is 2.93. The lowest BCUT2D eigenvalue weighted by atomic mass is 10.1. The van der Waals surface area contributed by atoms with Gasteiger partial charge in [-0.05, 0) is 26.7 Å². The fourth-order valence-corrected chi connectivity index (χ4v) is 3.64. The molecule has 7 nitrogen and oxygen atoms in total. The minimum absolute atomic E-state index is 0.0340. The van der Waals surface area contributed by atoms with E-state index in [2.05, 4.69) is 15.0 Å². The van der Waals surface area contributed by atoms with Gasteiger partial charge in [-0.2, -0.15) is 4.98 Å². The van der Waals surface area contributed by atoms with E-state index in [0.717, 1.165) is 35.0 Å². The Morgan fingerprint density at radius 3 is 2.92 bits per heavy atom. The molecule has 3 heterocycles. The first-order valence-corrected chi connectivity index (χ1v) is 8.65. The molecule has 0 radical (unpaired) electrons. The monoisotopic (exact) mass is 348 g/mol. The molecule has 0 saturated carbocycles. The van der Waals surface area contributed by atoms with Gasteiger partial charge < -0.3 is 14.4 Å². The molecule has 0 N–H and O–H groups in total. The van der Waals surface area contributed by atoms with Gasteiger partial charge in [0.2, 0.25) is 5.88 Å². The summed E-state index contributed by atoms with van der Waals surface area (Å²) < 4.78 is 10.9. The second-order valence-corrected chi connectivity index (χ2v) is 6.87. The van der Waals surface area contributed by atoms with E-state index in [4.69, 9.17) is 9.47 Å². The minimum atomic E-state index is -0.0865. The van der Waals surface area contributed by atoms with Gasteiger partial charge in [0.05, 0.1) is 24.4 Å². The number of carbonyl (C=O) groups excluding carboxylic acids is 1. The maximum Gasteiger partial charge on any atom is 0.319 e. The van der Waals surface area contributed by atoms with E-state index < -0.39 is 0 Å². The van der Waals surface area contributed by atoms with Crippen LogP contribution < -0.4 is 9.47 Å². The Kier molecular flexibility index (Phi) is 4.94. The second-order valence-electron chi connectivity index (χ2n) is 5.66. The third kappa shape index (κ3) is 3.64. The van der Waals surface area contributed by atoms with Crippen molar-refractivity contribution in [1.82, 2.24) is 19.9 Å². The second kappa shape index (κ2) is 7.12. The lowest BCUT2D eigenvalue weighted by Gasteiger charge is -2.32. The van der Waals surface area contributed by atoms with Gasteiger partial charge in [-0.25, -0.2) is 9.97 Å². The fourth-order valence-electron chi connectivity index (χ4n) is 2.75. The highest BCUT2D eigenvalue weighted by atomic mass is 32.1. The number of likely N-dealkylation sites (tertiary alicyclic amines) is 1. The molecule has 8 heteroatoms. The highest BCUT2D eigenvalue weighted by Crippen LogP contribution is 2.23. The molecular weight excluding hydrogens is 328 g/mol. The van der Waals surface area contributed by atoms with Crippen LogP contribution in [0, 0.1) is 13.8 Å². The molecule has 2 aromatic heterocycles. The van der Waals surface area contributed by atoms with Crippen molar-refractivity contribution >= 4 is 17.2 Å². The van der Waals surface area contributed by atoms with Crippen molar-refractivity contribution in [3.8, 4) is 11.9 Å². The van der Waals surface area contributed by atoms with Crippen molar-refractivity contribution < 1.29 is 14.3 Å². The molecule has 1 unspecified atom stereocenters. The van der Waals surface area contributed by atoms with Crippen molar-refractivity contribution in [3.05, 3.63) is 27.8 Å². The van der Waals surface area contributed by atoms with Crippen LogP contribution in [-0.4, -0.2) is 52.1 Å². The predicted octanol–water partition coefficient (Wildman–Crippen LogP) is 2.24. The Balaban J connectivity index is 1.67. The predicted molar refractivity (Wildman–Crippen MR) is 89.7 cm³/mol. The van der Waals surface area contributed by atoms with Crippen LogP contribution in [0.4, 0.5) is 0 Å². The standard InChI is InChI=1S/C16H20N4O3S/c1-10-14(24-11(2)18-10)15(21)20-8-4-5-12(9-20)23-13-6-7-17-16(19-13)22-3/h6-7,12H,4-5,8-9H2,1-3H3. The van der Waals surface area contributed by atoms with Gasteiger partial charge in [-0.1, -0.05) is 0 Å². The van der Waals surface area contributed by atoms with Crippen LogP contribution in [0.5, 0.6) is 11.9 Å². The van der Waals surface area contributed by atoms with Gasteiger partial charge in [-0.3, -0.25) is 4.79 Å². The van der Waals surface area contributed by atoms with E-state index in [-0.39, 0.29) is 18.0 Å². The first kappa shape index (κ1) is 16.6. The van der Waals surface area contributed by atoms with Gasteiger partial charge in [0.1, 0.15) is 11.0 Å². The number of methoxy groups -OCH3 is 1. The van der Waals surface area contributed by atoms with Crippen molar-refractivity contribution in [1.29, 1.82) is 0 Å². The molecule has 0 aliphatic carbocycles. The molecule has 1 aliphatic rings. The summed E-state index contributed by atoms with van der Waals surface area (Å²) in [5, 5.41) is 0.911. The SMILES string of the molecule is COc1nccc(OC2CCCN(C(=O)c3sc(C)nc3C)C2)n1. The van der Waals surface area contributed by atoms with Gasteiger partial charge in [0.25, 0.3) is 5.91 Å². The maximum atomic E-state index is 12.7. The summed E-state index contributed by atoms with van der Waals surface area (Å²) in [7, 11) is 1.51. The van der Waals surface area contributed by atoms with Crippen molar-refractivity contribution in [2.45, 2.75) is 32.8 Å². The molecule has 1 saturated heterocycles. The lowest BCUT2D eigenvalue weighted by Crippen LogP contribution is -2.44. The molecule has 1 aliphatic heterocycles. The van der Waals surface area contributed by atoms with Gasteiger partial charge in [-0.15, -0.1) is 11.3 Å². The molecule has 128 valence electrons. The van der Waals surface area contributed by atoms with Crippen LogP contribution >= 0.6 is 11.3 Å². The molecule has 24 heavy (non-hydrogen) atoms. The van der Waals surface area contributed by atoms with Crippen LogP contribution in [0.25, 0.3) is 0 Å². The molecule has 0 bridgehead atoms. The lowest BCUT2D eigenvalue weighted by molar-refractivity contribution is 0.0529. The number of thiazole rings is 1. The quantitative estimate of drug-likeness (QED) is 0.843. The van der Waals surface area contributed by atoms with Gasteiger partial charge >= 0.3 is 6.01 Å². The molecule has 1 amide bonds. The Labute approximate surface area is 144 Å². The maximum absolute atomic E-state index is 12.7. The highest BCUT2D eigenvalue weighted by Gasteiger charge is 2.28. The number of nitrogens with zero attached hydrogens (tertiary/aromatic N) is 4. The van der Waals surface area contributed by atoms with Gasteiger partial charge in [0, 0.05) is 18.8 Å². The molecular formula is C16H20N4O3S. The third-order valence-corrected chi connectivity index (χ3v) is 4.90. The van der Waals surface area contributed by atoms with E-state index in [1.54, 1.807) is 12.3 Å². The number of carbonyl (C=O) groups is 1. The van der Waals surface area contributed by atoms with Crippen LogP contribution in [0.2, 0.25) is 0 Å². The third-order valence-electron chi connectivity index (χ3n) is 3.84. The van der Waals surface area contributed by atoms with E-state index in [1.807, 2.05) is 18.7 Å². The van der Waals surface area contributed by atoms with Crippen LogP contribution in [0.1, 0.15) is 33.2 Å². The number of aromatic nitrogens is 3. The first-order chi connectivity index (χ1) is 11.6. The number of hydrogen-bond donors (Lipinski definition) is 0. The fraction of sp³-hybridized carbons (Fsp3) is 0.500. The van der Waals surface area contributed by atoms with Crippen molar-refractivity contribution in [2.24, 2.45) is 0 Å². The number of hydrogen-bond acceptors (Lipinski definition) is 7. The Hall–Kier alpha value is -2.22. The molecule has 0 spiro atoms. The summed E-state index contributed by atoms with van der Waals surface area (Å²) in [4.78, 5) is 27.8. The smallest absolute Gasteiger partial charge is 0.319 e. The van der Waals surface area contributed by atoms with E-state index >= 15 is 0 Å². The highest BCUT2D eigenvalue weighted by molar-refractivity contribution is 7.13. The number of amides is 1. The Morgan fingerprint density at radius 1 is 1.38 bits per heavy atom. The summed E-state index contributed by atoms with van der Waals surface area (Å²) in [6.45, 7) is 5.07. The minimum Gasteiger partial charge on any atom is -0.472 e. The van der Waals surface area contributed by atoms with E-state index in [1.165, 1.54) is 18.4 Å². The van der Waals surface area contributed by atoms with Gasteiger partial charge in [0.15, 0.2) is 0 Å². The number of aryl methyl sites for hydroxylation is 2. The summed E-state index contributed by atoms with van der Waals surface area (Å²) in [6, 6.07) is 1.96. The van der Waals surface area contributed by atoms with Crippen LogP contribution in [0.3, 0.4) is 0 Å². The zero-order valence-corrected chi connectivity index (χ0v) is 14.8. The number of ether oxygens (including phenoxy) is 2. The molecule has 0 aromatic carbocycles. The van der Waals surface area contributed by atoms with Crippen LogP contribution in [-0.2, 0) is 0 Å². The summed E-state index contributed by atoms with van der Waals surface area (Å²) >= 11 is 1.45. The number of rotatable bonds is 4. The van der Waals surface area contributed by atoms with Crippen LogP contribution in [0.15, 0.2) is 12.3 Å². The normalized spacial score (nSPS) is 17.6. The number of piperidine rings is 1. The zero-order chi connectivity index (χ0) is 17.1. The van der Waals surface area contributed by atoms with Crippen molar-refractivity contribution in [2.75, 3.05) is 20.2 Å². The zero-order valence-electron chi connectivity index (χ0n) is 14.0. The summed E-state index contributed by atoms with van der Waals surface area (Å²) in [5.41, 5.74) is 0.797. The Bertz CT molecular complexity index is 734. The average molecular weight is 348 g/mol. The summed E-state index contributed by atoms with van der Waals surface area (Å²) in [5.74, 6) is 0.498. The van der Waals surface area contributed by atoms with E-state index in [9.17, 15) is 4.79 Å². The van der Waals surface area contributed by atoms with E-state index in [0.29, 0.717) is 12.4 Å². The topological polar surface area (TPSA) is 77.4 Å². The molecule has 3 rings (SSSR count).